The largest absolute Gasteiger partial charge is 0.298 e. The lowest BCUT2D eigenvalue weighted by Gasteiger charge is -2.14. The van der Waals surface area contributed by atoms with Crippen molar-refractivity contribution in [3.63, 3.8) is 0 Å². The Kier molecular flexibility index (Phi) is 2.97. The van der Waals surface area contributed by atoms with Crippen LogP contribution in [0.2, 0.25) is 0 Å². The van der Waals surface area contributed by atoms with E-state index < -0.39 is 0 Å². The van der Waals surface area contributed by atoms with Crippen molar-refractivity contribution < 1.29 is 4.79 Å². The van der Waals surface area contributed by atoms with Crippen LogP contribution in [0.4, 0.5) is 0 Å². The van der Waals surface area contributed by atoms with E-state index >= 15 is 0 Å². The zero-order valence-electron chi connectivity index (χ0n) is 10.2. The van der Waals surface area contributed by atoms with Crippen molar-refractivity contribution in [1.82, 2.24) is 9.78 Å². The summed E-state index contributed by atoms with van der Waals surface area (Å²) in [7, 11) is 0. The Morgan fingerprint density at radius 2 is 1.89 bits per heavy atom. The molecule has 3 heteroatoms. The number of hydrogen-bond donors (Lipinski definition) is 0. The van der Waals surface area contributed by atoms with E-state index in [0.717, 1.165) is 17.5 Å². The maximum atomic E-state index is 11.2. The number of nitrogens with zero attached hydrogens (tertiary/aromatic N) is 2. The molecule has 0 spiro atoms. The lowest BCUT2D eigenvalue weighted by Crippen LogP contribution is -2.08. The first-order valence-corrected chi connectivity index (χ1v) is 6.48. The summed E-state index contributed by atoms with van der Waals surface area (Å²) in [5.74, 6) is 0. The molecule has 92 valence electrons. The van der Waals surface area contributed by atoms with Crippen LogP contribution in [-0.4, -0.2) is 16.1 Å². The maximum Gasteiger partial charge on any atom is 0.153 e. The van der Waals surface area contributed by atoms with Gasteiger partial charge in [-0.15, -0.1) is 0 Å². The third-order valence-electron chi connectivity index (χ3n) is 3.67. The molecule has 0 radical (unpaired) electrons. The van der Waals surface area contributed by atoms with E-state index in [0.29, 0.717) is 11.6 Å². The van der Waals surface area contributed by atoms with Crippen LogP contribution < -0.4 is 0 Å². The molecule has 1 aromatic heterocycles. The highest BCUT2D eigenvalue weighted by Gasteiger charge is 2.22. The Bertz CT molecular complexity index is 539. The molecule has 1 saturated carbocycles. The summed E-state index contributed by atoms with van der Waals surface area (Å²) < 4.78 is 2.05. The van der Waals surface area contributed by atoms with Gasteiger partial charge in [0.15, 0.2) is 6.29 Å². The van der Waals surface area contributed by atoms with Gasteiger partial charge < -0.3 is 0 Å². The SMILES string of the molecule is O=Cc1cnn(C2CCCC2)c1-c1ccccc1. The van der Waals surface area contributed by atoms with Gasteiger partial charge in [-0.1, -0.05) is 43.2 Å². The molecule has 1 fully saturated rings. The average Bonchev–Trinajstić information content (AvgIpc) is 3.08. The third kappa shape index (κ3) is 1.86. The van der Waals surface area contributed by atoms with Crippen LogP contribution in [0.5, 0.6) is 0 Å². The molecule has 0 saturated heterocycles. The van der Waals surface area contributed by atoms with Gasteiger partial charge >= 0.3 is 0 Å². The molecular weight excluding hydrogens is 224 g/mol. The van der Waals surface area contributed by atoms with Crippen LogP contribution in [0.25, 0.3) is 11.3 Å². The number of carbonyl (C=O) groups is 1. The molecule has 18 heavy (non-hydrogen) atoms. The lowest BCUT2D eigenvalue weighted by atomic mass is 10.1. The summed E-state index contributed by atoms with van der Waals surface area (Å²) in [5.41, 5.74) is 2.73. The molecule has 0 unspecified atom stereocenters. The topological polar surface area (TPSA) is 34.9 Å². The first-order chi connectivity index (χ1) is 8.90. The molecule has 0 amide bonds. The second-order valence-electron chi connectivity index (χ2n) is 4.82. The minimum Gasteiger partial charge on any atom is -0.298 e. The van der Waals surface area contributed by atoms with Crippen LogP contribution in [0.1, 0.15) is 42.1 Å². The van der Waals surface area contributed by atoms with E-state index in [1.54, 1.807) is 6.20 Å². The molecule has 0 N–H and O–H groups in total. The van der Waals surface area contributed by atoms with E-state index in [1.165, 1.54) is 25.7 Å². The monoisotopic (exact) mass is 240 g/mol. The number of rotatable bonds is 3. The maximum absolute atomic E-state index is 11.2. The fourth-order valence-electron chi connectivity index (χ4n) is 2.78. The molecule has 2 aromatic rings. The first-order valence-electron chi connectivity index (χ1n) is 6.48. The Morgan fingerprint density at radius 1 is 1.17 bits per heavy atom. The summed E-state index contributed by atoms with van der Waals surface area (Å²) in [6.07, 6.45) is 7.44. The van der Waals surface area contributed by atoms with Gasteiger partial charge in [0, 0.05) is 5.56 Å². The second kappa shape index (κ2) is 4.77. The number of benzene rings is 1. The van der Waals surface area contributed by atoms with E-state index in [2.05, 4.69) is 5.10 Å². The lowest BCUT2D eigenvalue weighted by molar-refractivity contribution is 0.112. The van der Waals surface area contributed by atoms with Gasteiger partial charge in [-0.3, -0.25) is 9.48 Å². The van der Waals surface area contributed by atoms with Crippen molar-refractivity contribution in [2.24, 2.45) is 0 Å². The van der Waals surface area contributed by atoms with Gasteiger partial charge in [0.2, 0.25) is 0 Å². The Morgan fingerprint density at radius 3 is 2.56 bits per heavy atom. The van der Waals surface area contributed by atoms with Crippen LogP contribution in [0.15, 0.2) is 36.5 Å². The molecule has 3 nitrogen and oxygen atoms in total. The predicted molar refractivity (Wildman–Crippen MR) is 70.6 cm³/mol. The minimum absolute atomic E-state index is 0.453. The fourth-order valence-corrected chi connectivity index (χ4v) is 2.78. The highest BCUT2D eigenvalue weighted by molar-refractivity contribution is 5.85. The summed E-state index contributed by atoms with van der Waals surface area (Å²) in [4.78, 5) is 11.2. The molecule has 0 atom stereocenters. The van der Waals surface area contributed by atoms with Gasteiger partial charge in [0.1, 0.15) is 0 Å². The quantitative estimate of drug-likeness (QED) is 0.770. The summed E-state index contributed by atoms with van der Waals surface area (Å²) >= 11 is 0. The van der Waals surface area contributed by atoms with Gasteiger partial charge in [0.25, 0.3) is 0 Å². The van der Waals surface area contributed by atoms with Gasteiger partial charge in [0.05, 0.1) is 23.5 Å². The Balaban J connectivity index is 2.10. The molecule has 1 aliphatic carbocycles. The summed E-state index contributed by atoms with van der Waals surface area (Å²) in [6.45, 7) is 0. The van der Waals surface area contributed by atoms with E-state index in [1.807, 2.05) is 35.0 Å². The highest BCUT2D eigenvalue weighted by Crippen LogP contribution is 2.34. The van der Waals surface area contributed by atoms with Crippen LogP contribution >= 0.6 is 0 Å². The van der Waals surface area contributed by atoms with Crippen molar-refractivity contribution in [2.45, 2.75) is 31.7 Å². The average molecular weight is 240 g/mol. The molecular formula is C15H16N2O. The minimum atomic E-state index is 0.453. The fraction of sp³-hybridized carbons (Fsp3) is 0.333. The van der Waals surface area contributed by atoms with Crippen LogP contribution in [-0.2, 0) is 0 Å². The molecule has 3 rings (SSSR count). The van der Waals surface area contributed by atoms with Crippen LogP contribution in [0, 0.1) is 0 Å². The number of carbonyl (C=O) groups excluding carboxylic acids is 1. The van der Waals surface area contributed by atoms with E-state index in [4.69, 9.17) is 0 Å². The van der Waals surface area contributed by atoms with E-state index in [9.17, 15) is 4.79 Å². The van der Waals surface area contributed by atoms with Gasteiger partial charge in [-0.05, 0) is 12.8 Å². The molecule has 1 aromatic carbocycles. The first kappa shape index (κ1) is 11.2. The number of aldehydes is 1. The molecule has 0 bridgehead atoms. The number of hydrogen-bond acceptors (Lipinski definition) is 2. The molecule has 0 aliphatic heterocycles. The van der Waals surface area contributed by atoms with Crippen molar-refractivity contribution in [2.75, 3.05) is 0 Å². The van der Waals surface area contributed by atoms with Crippen molar-refractivity contribution in [1.29, 1.82) is 0 Å². The van der Waals surface area contributed by atoms with Crippen molar-refractivity contribution >= 4 is 6.29 Å². The van der Waals surface area contributed by atoms with Crippen molar-refractivity contribution in [3.8, 4) is 11.3 Å². The predicted octanol–water partition coefficient (Wildman–Crippen LogP) is 3.48. The normalized spacial score (nSPS) is 16.0. The molecule has 1 heterocycles. The summed E-state index contributed by atoms with van der Waals surface area (Å²) in [6, 6.07) is 10.5. The molecule has 1 aliphatic rings. The highest BCUT2D eigenvalue weighted by atomic mass is 16.1. The third-order valence-corrected chi connectivity index (χ3v) is 3.67. The smallest absolute Gasteiger partial charge is 0.153 e. The number of aromatic nitrogens is 2. The zero-order valence-corrected chi connectivity index (χ0v) is 10.2. The second-order valence-corrected chi connectivity index (χ2v) is 4.82. The summed E-state index contributed by atoms with van der Waals surface area (Å²) in [5, 5.41) is 4.43. The van der Waals surface area contributed by atoms with Crippen molar-refractivity contribution in [3.05, 3.63) is 42.1 Å². The van der Waals surface area contributed by atoms with Gasteiger partial charge in [-0.2, -0.15) is 5.10 Å². The zero-order chi connectivity index (χ0) is 12.4. The van der Waals surface area contributed by atoms with E-state index in [-0.39, 0.29) is 0 Å². The Hall–Kier alpha value is -1.90. The standard InChI is InChI=1S/C15H16N2O/c18-11-13-10-16-17(14-8-4-5-9-14)15(13)12-6-2-1-3-7-12/h1-3,6-7,10-11,14H,4-5,8-9H2. The van der Waals surface area contributed by atoms with Gasteiger partial charge in [-0.25, -0.2) is 0 Å². The Labute approximate surface area is 106 Å². The van der Waals surface area contributed by atoms with Crippen LogP contribution in [0.3, 0.4) is 0 Å².